The molecule has 0 saturated heterocycles. The van der Waals surface area contributed by atoms with Crippen molar-refractivity contribution in [3.05, 3.63) is 42.2 Å². The van der Waals surface area contributed by atoms with Crippen LogP contribution in [0, 0.1) is 0 Å². The van der Waals surface area contributed by atoms with Crippen molar-refractivity contribution in [1.29, 1.82) is 0 Å². The van der Waals surface area contributed by atoms with Gasteiger partial charge in [0, 0.05) is 19.8 Å². The van der Waals surface area contributed by atoms with E-state index in [0.29, 0.717) is 5.95 Å². The highest BCUT2D eigenvalue weighted by molar-refractivity contribution is 5.58. The van der Waals surface area contributed by atoms with Gasteiger partial charge in [-0.2, -0.15) is 0 Å². The Morgan fingerprint density at radius 2 is 1.45 bits per heavy atom. The molecule has 1 aromatic heterocycles. The van der Waals surface area contributed by atoms with Crippen LogP contribution < -0.4 is 10.2 Å². The van der Waals surface area contributed by atoms with Crippen LogP contribution >= 0.6 is 0 Å². The summed E-state index contributed by atoms with van der Waals surface area (Å²) in [5.74, 6) is 0.707. The summed E-state index contributed by atoms with van der Waals surface area (Å²) in [6, 6.07) is 8.47. The van der Waals surface area contributed by atoms with Gasteiger partial charge >= 0.3 is 0 Å². The average Bonchev–Trinajstić information content (AvgIpc) is 2.39. The minimum Gasteiger partial charge on any atom is -0.353 e. The summed E-state index contributed by atoms with van der Waals surface area (Å²) >= 11 is 0. The summed E-state index contributed by atoms with van der Waals surface area (Å²) in [7, 11) is 3.85. The van der Waals surface area contributed by atoms with Gasteiger partial charge in [0.25, 0.3) is 0 Å². The van der Waals surface area contributed by atoms with Crippen molar-refractivity contribution < 1.29 is 0 Å². The predicted octanol–water partition coefficient (Wildman–Crippen LogP) is 3.58. The lowest BCUT2D eigenvalue weighted by atomic mass is 9.87. The second kappa shape index (κ2) is 5.49. The number of aromatic nitrogens is 2. The van der Waals surface area contributed by atoms with Crippen molar-refractivity contribution in [1.82, 2.24) is 9.97 Å². The van der Waals surface area contributed by atoms with Gasteiger partial charge in [0.1, 0.15) is 0 Å². The SMILES string of the molecule is CN(C)c1ncc(Nc2ccc(C(C)(C)C)cc2)cn1. The summed E-state index contributed by atoms with van der Waals surface area (Å²) in [5.41, 5.74) is 3.43. The first-order valence-corrected chi connectivity index (χ1v) is 6.73. The van der Waals surface area contributed by atoms with Crippen molar-refractivity contribution in [2.45, 2.75) is 26.2 Å². The van der Waals surface area contributed by atoms with Crippen molar-refractivity contribution in [3.63, 3.8) is 0 Å². The first kappa shape index (κ1) is 14.3. The molecule has 0 amide bonds. The van der Waals surface area contributed by atoms with Crippen molar-refractivity contribution >= 4 is 17.3 Å². The van der Waals surface area contributed by atoms with Gasteiger partial charge in [-0.05, 0) is 23.1 Å². The first-order chi connectivity index (χ1) is 9.36. The molecule has 4 heteroatoms. The summed E-state index contributed by atoms with van der Waals surface area (Å²) in [6.07, 6.45) is 3.58. The van der Waals surface area contributed by atoms with Crippen LogP contribution in [0.15, 0.2) is 36.7 Å². The lowest BCUT2D eigenvalue weighted by Crippen LogP contribution is -2.12. The van der Waals surface area contributed by atoms with Crippen LogP contribution in [0.1, 0.15) is 26.3 Å². The number of benzene rings is 1. The number of hydrogen-bond donors (Lipinski definition) is 1. The molecule has 1 N–H and O–H groups in total. The molecule has 2 rings (SSSR count). The number of nitrogens with zero attached hydrogens (tertiary/aromatic N) is 3. The Kier molecular flexibility index (Phi) is 3.93. The summed E-state index contributed by atoms with van der Waals surface area (Å²) in [4.78, 5) is 10.4. The fraction of sp³-hybridized carbons (Fsp3) is 0.375. The number of anilines is 3. The molecule has 0 radical (unpaired) electrons. The monoisotopic (exact) mass is 270 g/mol. The van der Waals surface area contributed by atoms with Crippen molar-refractivity contribution in [3.8, 4) is 0 Å². The molecule has 4 nitrogen and oxygen atoms in total. The predicted molar refractivity (Wildman–Crippen MR) is 84.8 cm³/mol. The number of nitrogens with one attached hydrogen (secondary N) is 1. The smallest absolute Gasteiger partial charge is 0.224 e. The molecule has 0 aliphatic rings. The Morgan fingerprint density at radius 1 is 0.900 bits per heavy atom. The number of rotatable bonds is 3. The lowest BCUT2D eigenvalue weighted by Gasteiger charge is -2.19. The van der Waals surface area contributed by atoms with E-state index in [0.717, 1.165) is 11.4 Å². The number of hydrogen-bond acceptors (Lipinski definition) is 4. The van der Waals surface area contributed by atoms with Gasteiger partial charge in [-0.3, -0.25) is 0 Å². The molecule has 106 valence electrons. The highest BCUT2D eigenvalue weighted by Crippen LogP contribution is 2.24. The Labute approximate surface area is 120 Å². The van der Waals surface area contributed by atoms with E-state index >= 15 is 0 Å². The van der Waals surface area contributed by atoms with Gasteiger partial charge < -0.3 is 10.2 Å². The molecule has 0 saturated carbocycles. The van der Waals surface area contributed by atoms with E-state index in [1.807, 2.05) is 19.0 Å². The Balaban J connectivity index is 2.10. The van der Waals surface area contributed by atoms with Crippen LogP contribution in [0.5, 0.6) is 0 Å². The van der Waals surface area contributed by atoms with Gasteiger partial charge in [-0.1, -0.05) is 32.9 Å². The molecule has 0 unspecified atom stereocenters. The largest absolute Gasteiger partial charge is 0.353 e. The van der Waals surface area contributed by atoms with Crippen LogP contribution in [-0.4, -0.2) is 24.1 Å². The zero-order valence-electron chi connectivity index (χ0n) is 12.8. The summed E-state index contributed by atoms with van der Waals surface area (Å²) in [5, 5.41) is 3.31. The minimum absolute atomic E-state index is 0.176. The van der Waals surface area contributed by atoms with E-state index < -0.39 is 0 Å². The average molecular weight is 270 g/mol. The first-order valence-electron chi connectivity index (χ1n) is 6.73. The van der Waals surface area contributed by atoms with Crippen molar-refractivity contribution in [2.75, 3.05) is 24.3 Å². The van der Waals surface area contributed by atoms with E-state index in [1.165, 1.54) is 5.56 Å². The second-order valence-electron chi connectivity index (χ2n) is 6.12. The fourth-order valence-electron chi connectivity index (χ4n) is 1.84. The van der Waals surface area contributed by atoms with Crippen molar-refractivity contribution in [2.24, 2.45) is 0 Å². The molecule has 20 heavy (non-hydrogen) atoms. The molecule has 0 aliphatic heterocycles. The molecule has 0 aliphatic carbocycles. The molecule has 1 heterocycles. The third-order valence-corrected chi connectivity index (χ3v) is 3.08. The molecule has 0 fully saturated rings. The lowest BCUT2D eigenvalue weighted by molar-refractivity contribution is 0.590. The minimum atomic E-state index is 0.176. The molecule has 1 aromatic carbocycles. The molecule has 0 bridgehead atoms. The Bertz CT molecular complexity index is 551. The van der Waals surface area contributed by atoms with Gasteiger partial charge in [-0.25, -0.2) is 9.97 Å². The maximum atomic E-state index is 4.28. The molecule has 0 atom stereocenters. The summed E-state index contributed by atoms with van der Waals surface area (Å²) < 4.78 is 0. The van der Waals surface area contributed by atoms with Gasteiger partial charge in [0.15, 0.2) is 0 Å². The Morgan fingerprint density at radius 3 is 1.90 bits per heavy atom. The third kappa shape index (κ3) is 3.47. The molecule has 0 spiro atoms. The van der Waals surface area contributed by atoms with E-state index in [4.69, 9.17) is 0 Å². The maximum absolute atomic E-state index is 4.28. The van der Waals surface area contributed by atoms with Crippen LogP contribution in [0.2, 0.25) is 0 Å². The normalized spacial score (nSPS) is 11.2. The second-order valence-corrected chi connectivity index (χ2v) is 6.12. The highest BCUT2D eigenvalue weighted by atomic mass is 15.2. The molecule has 2 aromatic rings. The fourth-order valence-corrected chi connectivity index (χ4v) is 1.84. The zero-order valence-corrected chi connectivity index (χ0v) is 12.8. The van der Waals surface area contributed by atoms with E-state index in [2.05, 4.69) is 60.3 Å². The topological polar surface area (TPSA) is 41.1 Å². The van der Waals surface area contributed by atoms with E-state index in [-0.39, 0.29) is 5.41 Å². The van der Waals surface area contributed by atoms with Gasteiger partial charge in [0.2, 0.25) is 5.95 Å². The molecular formula is C16H22N4. The molecular weight excluding hydrogens is 248 g/mol. The third-order valence-electron chi connectivity index (χ3n) is 3.08. The van der Waals surface area contributed by atoms with Gasteiger partial charge in [0.05, 0.1) is 18.1 Å². The standard InChI is InChI=1S/C16H22N4/c1-16(2,3)12-6-8-13(9-7-12)19-14-10-17-15(18-11-14)20(4)5/h6-11,19H,1-5H3. The maximum Gasteiger partial charge on any atom is 0.224 e. The Hall–Kier alpha value is -2.10. The zero-order chi connectivity index (χ0) is 14.8. The quantitative estimate of drug-likeness (QED) is 0.925. The van der Waals surface area contributed by atoms with Gasteiger partial charge in [-0.15, -0.1) is 0 Å². The van der Waals surface area contributed by atoms with E-state index in [1.54, 1.807) is 12.4 Å². The van der Waals surface area contributed by atoms with Crippen LogP contribution in [0.4, 0.5) is 17.3 Å². The highest BCUT2D eigenvalue weighted by Gasteiger charge is 2.12. The van der Waals surface area contributed by atoms with Crippen LogP contribution in [0.3, 0.4) is 0 Å². The summed E-state index contributed by atoms with van der Waals surface area (Å²) in [6.45, 7) is 6.63. The van der Waals surface area contributed by atoms with Crippen LogP contribution in [-0.2, 0) is 5.41 Å². The van der Waals surface area contributed by atoms with E-state index in [9.17, 15) is 0 Å². The van der Waals surface area contributed by atoms with Crippen LogP contribution in [0.25, 0.3) is 0 Å².